The second-order valence-electron chi connectivity index (χ2n) is 5.60. The minimum Gasteiger partial charge on any atom is -0.384 e. The molecule has 0 N–H and O–H groups in total. The predicted molar refractivity (Wildman–Crippen MR) is 77.9 cm³/mol. The Balaban J connectivity index is 1.94. The van der Waals surface area contributed by atoms with Gasteiger partial charge >= 0.3 is 6.18 Å². The molecule has 20 heavy (non-hydrogen) atoms. The molecule has 118 valence electrons. The van der Waals surface area contributed by atoms with Crippen LogP contribution >= 0.6 is 22.6 Å². The first-order valence-electron chi connectivity index (χ1n) is 6.99. The summed E-state index contributed by atoms with van der Waals surface area (Å²) < 4.78 is 49.4. The highest BCUT2D eigenvalue weighted by molar-refractivity contribution is 14.1. The highest BCUT2D eigenvalue weighted by Gasteiger charge is 2.45. The minimum atomic E-state index is -4.06. The van der Waals surface area contributed by atoms with Gasteiger partial charge in [-0.3, -0.25) is 4.90 Å². The maximum Gasteiger partial charge on any atom is 0.391 e. The van der Waals surface area contributed by atoms with E-state index in [4.69, 9.17) is 9.47 Å². The fourth-order valence-corrected chi connectivity index (χ4v) is 3.78. The van der Waals surface area contributed by atoms with Crippen molar-refractivity contribution in [2.75, 3.05) is 26.9 Å². The molecule has 2 aliphatic rings. The standard InChI is InChI=1S/C13H21F3INO2/c1-19-7-10(17)6-18(12-8-20-12)11-4-2-3-9(5-11)13(14,15)16/h9-12H,2-8H2,1H3/t9?,10?,11?,12-/m0/s1. The summed E-state index contributed by atoms with van der Waals surface area (Å²) in [5.41, 5.74) is 0. The largest absolute Gasteiger partial charge is 0.391 e. The Morgan fingerprint density at radius 2 is 2.10 bits per heavy atom. The first kappa shape index (κ1) is 16.8. The average molecular weight is 407 g/mol. The van der Waals surface area contributed by atoms with Gasteiger partial charge in [0.15, 0.2) is 0 Å². The van der Waals surface area contributed by atoms with Crippen LogP contribution in [0.1, 0.15) is 25.7 Å². The maximum absolute atomic E-state index is 12.9. The van der Waals surface area contributed by atoms with Gasteiger partial charge in [-0.15, -0.1) is 0 Å². The Morgan fingerprint density at radius 3 is 2.65 bits per heavy atom. The van der Waals surface area contributed by atoms with Gasteiger partial charge in [0.25, 0.3) is 0 Å². The van der Waals surface area contributed by atoms with Crippen LogP contribution in [0.15, 0.2) is 0 Å². The third-order valence-corrected chi connectivity index (χ3v) is 4.77. The molecular weight excluding hydrogens is 386 g/mol. The molecule has 0 radical (unpaired) electrons. The number of nitrogens with zero attached hydrogens (tertiary/aromatic N) is 1. The summed E-state index contributed by atoms with van der Waals surface area (Å²) in [5.74, 6) is -1.16. The summed E-state index contributed by atoms with van der Waals surface area (Å²) in [5, 5.41) is 0. The summed E-state index contributed by atoms with van der Waals surface area (Å²) in [4.78, 5) is 2.12. The zero-order valence-electron chi connectivity index (χ0n) is 11.5. The Morgan fingerprint density at radius 1 is 1.40 bits per heavy atom. The summed E-state index contributed by atoms with van der Waals surface area (Å²) in [6.07, 6.45) is -2.09. The predicted octanol–water partition coefficient (Wildman–Crippen LogP) is 3.22. The van der Waals surface area contributed by atoms with Crippen LogP contribution in [-0.4, -0.2) is 54.1 Å². The van der Waals surface area contributed by atoms with Crippen molar-refractivity contribution in [2.45, 2.75) is 48.1 Å². The van der Waals surface area contributed by atoms with E-state index in [0.29, 0.717) is 19.6 Å². The Kier molecular flexibility index (Phi) is 5.96. The molecule has 1 saturated heterocycles. The van der Waals surface area contributed by atoms with Gasteiger partial charge in [-0.2, -0.15) is 13.2 Å². The number of methoxy groups -OCH3 is 1. The minimum absolute atomic E-state index is 0.0149. The van der Waals surface area contributed by atoms with Crippen LogP contribution in [-0.2, 0) is 9.47 Å². The van der Waals surface area contributed by atoms with Gasteiger partial charge in [-0.1, -0.05) is 29.0 Å². The van der Waals surface area contributed by atoms with Crippen LogP contribution in [0.2, 0.25) is 0 Å². The lowest BCUT2D eigenvalue weighted by molar-refractivity contribution is -0.187. The molecule has 1 aliphatic heterocycles. The number of ether oxygens (including phenoxy) is 2. The van der Waals surface area contributed by atoms with E-state index in [1.54, 1.807) is 7.11 Å². The van der Waals surface area contributed by atoms with E-state index in [0.717, 1.165) is 13.0 Å². The van der Waals surface area contributed by atoms with Gasteiger partial charge < -0.3 is 9.47 Å². The molecule has 0 bridgehead atoms. The summed E-state index contributed by atoms with van der Waals surface area (Å²) in [7, 11) is 1.64. The number of alkyl halides is 4. The van der Waals surface area contributed by atoms with Crippen molar-refractivity contribution in [1.29, 1.82) is 0 Å². The van der Waals surface area contributed by atoms with Gasteiger partial charge in [0.2, 0.25) is 0 Å². The molecule has 7 heteroatoms. The third-order valence-electron chi connectivity index (χ3n) is 4.02. The van der Waals surface area contributed by atoms with Crippen molar-refractivity contribution in [3.8, 4) is 0 Å². The molecule has 1 saturated carbocycles. The van der Waals surface area contributed by atoms with Gasteiger partial charge in [0.1, 0.15) is 6.23 Å². The molecule has 4 atom stereocenters. The van der Waals surface area contributed by atoms with E-state index in [9.17, 15) is 13.2 Å². The van der Waals surface area contributed by atoms with Gasteiger partial charge in [-0.25, -0.2) is 0 Å². The van der Waals surface area contributed by atoms with Gasteiger partial charge in [0, 0.05) is 23.6 Å². The van der Waals surface area contributed by atoms with E-state index < -0.39 is 12.1 Å². The zero-order valence-corrected chi connectivity index (χ0v) is 13.7. The number of hydrogen-bond acceptors (Lipinski definition) is 3. The molecule has 0 spiro atoms. The molecule has 1 heterocycles. The molecule has 2 rings (SSSR count). The molecule has 0 aromatic carbocycles. The fraction of sp³-hybridized carbons (Fsp3) is 1.00. The van der Waals surface area contributed by atoms with E-state index in [1.807, 2.05) is 0 Å². The van der Waals surface area contributed by atoms with Crippen molar-refractivity contribution >= 4 is 22.6 Å². The molecule has 2 fully saturated rings. The first-order chi connectivity index (χ1) is 9.41. The SMILES string of the molecule is COCC(I)CN(C1CCCC(C(F)(F)F)C1)[C@@H]1CO1. The van der Waals surface area contributed by atoms with Crippen LogP contribution < -0.4 is 0 Å². The van der Waals surface area contributed by atoms with E-state index >= 15 is 0 Å². The molecule has 0 aromatic rings. The van der Waals surface area contributed by atoms with Crippen molar-refractivity contribution in [1.82, 2.24) is 4.90 Å². The second kappa shape index (κ2) is 7.11. The number of epoxide rings is 1. The highest BCUT2D eigenvalue weighted by Crippen LogP contribution is 2.40. The molecule has 3 nitrogen and oxygen atoms in total. The number of hydrogen-bond donors (Lipinski definition) is 0. The Labute approximate surface area is 131 Å². The Hall–Kier alpha value is 0.400. The van der Waals surface area contributed by atoms with Crippen LogP contribution in [0.4, 0.5) is 13.2 Å². The second-order valence-corrected chi connectivity index (χ2v) is 7.36. The lowest BCUT2D eigenvalue weighted by Gasteiger charge is -2.38. The molecule has 0 amide bonds. The van der Waals surface area contributed by atoms with Gasteiger partial charge in [0.05, 0.1) is 19.1 Å². The summed E-state index contributed by atoms with van der Waals surface area (Å²) in [6.45, 7) is 1.98. The molecular formula is C13H21F3INO2. The van der Waals surface area contributed by atoms with Crippen LogP contribution in [0.5, 0.6) is 0 Å². The highest BCUT2D eigenvalue weighted by atomic mass is 127. The van der Waals surface area contributed by atoms with Crippen molar-refractivity contribution in [3.63, 3.8) is 0 Å². The van der Waals surface area contributed by atoms with E-state index in [-0.39, 0.29) is 29.0 Å². The zero-order chi connectivity index (χ0) is 14.8. The van der Waals surface area contributed by atoms with Crippen LogP contribution in [0, 0.1) is 5.92 Å². The van der Waals surface area contributed by atoms with E-state index in [1.165, 1.54) is 0 Å². The summed E-state index contributed by atoms with van der Waals surface area (Å²) >= 11 is 2.29. The monoisotopic (exact) mass is 407 g/mol. The average Bonchev–Trinajstić information content (AvgIpc) is 3.20. The maximum atomic E-state index is 12.9. The van der Waals surface area contributed by atoms with Gasteiger partial charge in [-0.05, 0) is 19.3 Å². The summed E-state index contributed by atoms with van der Waals surface area (Å²) in [6, 6.07) is -0.0167. The molecule has 1 aliphatic carbocycles. The smallest absolute Gasteiger partial charge is 0.384 e. The topological polar surface area (TPSA) is 25.0 Å². The fourth-order valence-electron chi connectivity index (χ4n) is 2.96. The first-order valence-corrected chi connectivity index (χ1v) is 8.23. The number of rotatable bonds is 6. The molecule has 0 aromatic heterocycles. The van der Waals surface area contributed by atoms with Crippen molar-refractivity contribution in [3.05, 3.63) is 0 Å². The van der Waals surface area contributed by atoms with Crippen molar-refractivity contribution < 1.29 is 22.6 Å². The Bertz CT molecular complexity index is 312. The van der Waals surface area contributed by atoms with E-state index in [2.05, 4.69) is 27.5 Å². The quantitative estimate of drug-likeness (QED) is 0.384. The number of halogens is 4. The van der Waals surface area contributed by atoms with Crippen molar-refractivity contribution in [2.24, 2.45) is 5.92 Å². The van der Waals surface area contributed by atoms with Crippen LogP contribution in [0.3, 0.4) is 0 Å². The third kappa shape index (κ3) is 4.71. The molecule has 3 unspecified atom stereocenters. The lowest BCUT2D eigenvalue weighted by Crippen LogP contribution is -2.46. The normalized spacial score (nSPS) is 32.4. The lowest BCUT2D eigenvalue weighted by atomic mass is 9.84. The van der Waals surface area contributed by atoms with Crippen LogP contribution in [0.25, 0.3) is 0 Å².